The molecule has 0 bridgehead atoms. The zero-order valence-corrected chi connectivity index (χ0v) is 12.2. The Morgan fingerprint density at radius 3 is 2.68 bits per heavy atom. The smallest absolute Gasteiger partial charge is 0.231 e. The number of ether oxygens (including phenoxy) is 1. The van der Waals surface area contributed by atoms with Gasteiger partial charge in [0.2, 0.25) is 17.2 Å². The second-order valence-electron chi connectivity index (χ2n) is 4.58. The highest BCUT2D eigenvalue weighted by Crippen LogP contribution is 2.17. The number of hydrogen-bond acceptors (Lipinski definition) is 6. The summed E-state index contributed by atoms with van der Waals surface area (Å²) in [7, 11) is 1.98. The van der Waals surface area contributed by atoms with Gasteiger partial charge >= 0.3 is 0 Å². The lowest BCUT2D eigenvalue weighted by atomic mass is 10.3. The van der Waals surface area contributed by atoms with Crippen LogP contribution in [-0.2, 0) is 4.74 Å². The Balaban J connectivity index is 2.13. The molecular weight excluding hydrogens is 266 g/mol. The van der Waals surface area contributed by atoms with E-state index in [1.807, 2.05) is 11.9 Å². The van der Waals surface area contributed by atoms with Crippen molar-refractivity contribution in [3.63, 3.8) is 0 Å². The first-order chi connectivity index (χ1) is 9.20. The predicted molar refractivity (Wildman–Crippen MR) is 76.0 cm³/mol. The molecule has 0 N–H and O–H groups in total. The molecule has 0 unspecified atom stereocenters. The van der Waals surface area contributed by atoms with Crippen molar-refractivity contribution >= 4 is 23.5 Å². The molecule has 0 aromatic carbocycles. The molecule has 2 rings (SSSR count). The summed E-state index contributed by atoms with van der Waals surface area (Å²) < 4.78 is 5.33. The normalized spacial score (nSPS) is 15.6. The van der Waals surface area contributed by atoms with Crippen LogP contribution in [0.25, 0.3) is 0 Å². The number of morpholine rings is 1. The minimum Gasteiger partial charge on any atom is -0.378 e. The van der Waals surface area contributed by atoms with E-state index in [4.69, 9.17) is 16.3 Å². The highest BCUT2D eigenvalue weighted by atomic mass is 35.5. The molecular formula is C12H20ClN5O. The van der Waals surface area contributed by atoms with Gasteiger partial charge in [0.15, 0.2) is 0 Å². The number of hydrogen-bond donors (Lipinski definition) is 0. The second-order valence-corrected chi connectivity index (χ2v) is 4.92. The Kier molecular flexibility index (Phi) is 5.15. The van der Waals surface area contributed by atoms with Gasteiger partial charge in [0, 0.05) is 26.7 Å². The van der Waals surface area contributed by atoms with E-state index in [2.05, 4.69) is 26.8 Å². The van der Waals surface area contributed by atoms with Gasteiger partial charge in [-0.3, -0.25) is 0 Å². The van der Waals surface area contributed by atoms with Gasteiger partial charge in [-0.05, 0) is 18.0 Å². The minimum absolute atomic E-state index is 0.245. The zero-order valence-electron chi connectivity index (χ0n) is 11.5. The molecule has 0 amide bonds. The first-order valence-electron chi connectivity index (χ1n) is 6.66. The summed E-state index contributed by atoms with van der Waals surface area (Å²) in [5.74, 6) is 1.27. The third-order valence-corrected chi connectivity index (χ3v) is 3.24. The summed E-state index contributed by atoms with van der Waals surface area (Å²) >= 11 is 6.00. The van der Waals surface area contributed by atoms with Crippen molar-refractivity contribution in [1.82, 2.24) is 15.0 Å². The molecule has 7 heteroatoms. The Morgan fingerprint density at radius 2 is 2.00 bits per heavy atom. The van der Waals surface area contributed by atoms with Crippen LogP contribution in [0.4, 0.5) is 11.9 Å². The van der Waals surface area contributed by atoms with Gasteiger partial charge in [0.05, 0.1) is 13.2 Å². The fourth-order valence-corrected chi connectivity index (χ4v) is 2.05. The van der Waals surface area contributed by atoms with Gasteiger partial charge in [-0.2, -0.15) is 15.0 Å². The Labute approximate surface area is 118 Å². The van der Waals surface area contributed by atoms with Gasteiger partial charge in [-0.15, -0.1) is 0 Å². The van der Waals surface area contributed by atoms with Gasteiger partial charge in [-0.25, -0.2) is 0 Å². The van der Waals surface area contributed by atoms with Crippen LogP contribution in [0.5, 0.6) is 0 Å². The number of aromatic nitrogens is 3. The summed E-state index contributed by atoms with van der Waals surface area (Å²) in [6, 6.07) is 0. The standard InChI is InChI=1S/C12H20ClN5O/c1-3-4-5-17(2)11-14-10(13)15-12(16-11)18-6-8-19-9-7-18/h3-9H2,1-2H3. The quantitative estimate of drug-likeness (QED) is 0.819. The molecule has 1 aromatic heterocycles. The van der Waals surface area contributed by atoms with Crippen molar-refractivity contribution in [2.45, 2.75) is 19.8 Å². The van der Waals surface area contributed by atoms with Crippen LogP contribution in [0.2, 0.25) is 5.28 Å². The van der Waals surface area contributed by atoms with Crippen molar-refractivity contribution in [2.75, 3.05) is 49.7 Å². The molecule has 106 valence electrons. The predicted octanol–water partition coefficient (Wildman–Crippen LogP) is 1.60. The van der Waals surface area contributed by atoms with Gasteiger partial charge in [0.1, 0.15) is 0 Å². The molecule has 0 atom stereocenters. The molecule has 2 heterocycles. The largest absolute Gasteiger partial charge is 0.378 e. The molecule has 0 spiro atoms. The van der Waals surface area contributed by atoms with Crippen molar-refractivity contribution in [1.29, 1.82) is 0 Å². The fraction of sp³-hybridized carbons (Fsp3) is 0.750. The van der Waals surface area contributed by atoms with E-state index in [0.717, 1.165) is 32.5 Å². The number of rotatable bonds is 5. The van der Waals surface area contributed by atoms with Crippen LogP contribution in [0, 0.1) is 0 Å². The van der Waals surface area contributed by atoms with Gasteiger partial charge in [-0.1, -0.05) is 13.3 Å². The number of anilines is 2. The minimum atomic E-state index is 0.245. The average Bonchev–Trinajstić information content (AvgIpc) is 2.45. The molecule has 1 fully saturated rings. The van der Waals surface area contributed by atoms with Crippen LogP contribution >= 0.6 is 11.6 Å². The molecule has 19 heavy (non-hydrogen) atoms. The number of unbranched alkanes of at least 4 members (excludes halogenated alkanes) is 1. The van der Waals surface area contributed by atoms with Gasteiger partial charge in [0.25, 0.3) is 0 Å². The van der Waals surface area contributed by atoms with E-state index < -0.39 is 0 Å². The highest BCUT2D eigenvalue weighted by Gasteiger charge is 2.17. The van der Waals surface area contributed by atoms with Gasteiger partial charge < -0.3 is 14.5 Å². The van der Waals surface area contributed by atoms with E-state index in [1.165, 1.54) is 0 Å². The van der Waals surface area contributed by atoms with Crippen LogP contribution in [0.1, 0.15) is 19.8 Å². The SMILES string of the molecule is CCCCN(C)c1nc(Cl)nc(N2CCOCC2)n1. The molecule has 0 aliphatic carbocycles. The molecule has 0 saturated carbocycles. The lowest BCUT2D eigenvalue weighted by molar-refractivity contribution is 0.122. The maximum atomic E-state index is 6.00. The van der Waals surface area contributed by atoms with Crippen LogP contribution < -0.4 is 9.80 Å². The molecule has 1 aromatic rings. The third-order valence-electron chi connectivity index (χ3n) is 3.07. The Morgan fingerprint density at radius 1 is 1.26 bits per heavy atom. The van der Waals surface area contributed by atoms with Crippen molar-refractivity contribution in [3.8, 4) is 0 Å². The maximum Gasteiger partial charge on any atom is 0.231 e. The Bertz CT molecular complexity index is 411. The van der Waals surface area contributed by atoms with Crippen molar-refractivity contribution in [3.05, 3.63) is 5.28 Å². The topological polar surface area (TPSA) is 54.4 Å². The first kappa shape index (κ1) is 14.3. The summed E-state index contributed by atoms with van der Waals surface area (Å²) in [5.41, 5.74) is 0. The van der Waals surface area contributed by atoms with E-state index in [9.17, 15) is 0 Å². The fourth-order valence-electron chi connectivity index (χ4n) is 1.90. The summed E-state index contributed by atoms with van der Waals surface area (Å²) in [6.07, 6.45) is 2.24. The molecule has 6 nitrogen and oxygen atoms in total. The maximum absolute atomic E-state index is 6.00. The summed E-state index contributed by atoms with van der Waals surface area (Å²) in [6.45, 7) is 6.05. The monoisotopic (exact) mass is 285 g/mol. The number of nitrogens with zero attached hydrogens (tertiary/aromatic N) is 5. The van der Waals surface area contributed by atoms with Crippen molar-refractivity contribution in [2.24, 2.45) is 0 Å². The van der Waals surface area contributed by atoms with E-state index in [1.54, 1.807) is 0 Å². The molecule has 1 aliphatic heterocycles. The lowest BCUT2D eigenvalue weighted by Gasteiger charge is -2.27. The summed E-state index contributed by atoms with van der Waals surface area (Å²) in [5, 5.41) is 0.245. The van der Waals surface area contributed by atoms with Crippen LogP contribution in [0.3, 0.4) is 0 Å². The zero-order chi connectivity index (χ0) is 13.7. The van der Waals surface area contributed by atoms with Crippen molar-refractivity contribution < 1.29 is 4.74 Å². The average molecular weight is 286 g/mol. The van der Waals surface area contributed by atoms with Crippen LogP contribution in [-0.4, -0.2) is 54.8 Å². The molecule has 0 radical (unpaired) electrons. The van der Waals surface area contributed by atoms with E-state index in [-0.39, 0.29) is 5.28 Å². The number of halogens is 1. The lowest BCUT2D eigenvalue weighted by Crippen LogP contribution is -2.37. The first-order valence-corrected chi connectivity index (χ1v) is 7.04. The second kappa shape index (κ2) is 6.86. The third kappa shape index (κ3) is 3.91. The van der Waals surface area contributed by atoms with E-state index >= 15 is 0 Å². The van der Waals surface area contributed by atoms with E-state index in [0.29, 0.717) is 25.1 Å². The van der Waals surface area contributed by atoms with Crippen LogP contribution in [0.15, 0.2) is 0 Å². The Hall–Kier alpha value is -1.14. The highest BCUT2D eigenvalue weighted by molar-refractivity contribution is 6.28. The summed E-state index contributed by atoms with van der Waals surface area (Å²) in [4.78, 5) is 17.0. The molecule has 1 aliphatic rings. The molecule has 1 saturated heterocycles.